The summed E-state index contributed by atoms with van der Waals surface area (Å²) >= 11 is 0. The molecule has 1 fully saturated rings. The Kier molecular flexibility index (Phi) is 3.24. The highest BCUT2D eigenvalue weighted by Gasteiger charge is 2.22. The number of H-pyrrole nitrogens is 1. The van der Waals surface area contributed by atoms with Crippen molar-refractivity contribution in [1.82, 2.24) is 15.8 Å². The highest BCUT2D eigenvalue weighted by Crippen LogP contribution is 2.24. The van der Waals surface area contributed by atoms with Gasteiger partial charge in [-0.25, -0.2) is 0 Å². The lowest BCUT2D eigenvalue weighted by atomic mass is 10.1. The molecule has 0 bridgehead atoms. The molecule has 1 aliphatic carbocycles. The molecule has 16 heavy (non-hydrogen) atoms. The van der Waals surface area contributed by atoms with Crippen LogP contribution >= 0.6 is 0 Å². The predicted octanol–water partition coefficient (Wildman–Crippen LogP) is 0.966. The first-order chi connectivity index (χ1) is 7.77. The molecular formula is C11H15N3O2. The van der Waals surface area contributed by atoms with Crippen LogP contribution < -0.4 is 10.9 Å². The number of amides is 2. The van der Waals surface area contributed by atoms with Crippen molar-refractivity contribution in [3.05, 3.63) is 24.0 Å². The molecule has 1 aliphatic rings. The smallest absolute Gasteiger partial charge is 0.286 e. The maximum absolute atomic E-state index is 11.6. The zero-order valence-corrected chi connectivity index (χ0v) is 8.95. The maximum atomic E-state index is 11.6. The Morgan fingerprint density at radius 2 is 2.00 bits per heavy atom. The van der Waals surface area contributed by atoms with E-state index in [1.807, 2.05) is 0 Å². The van der Waals surface area contributed by atoms with Crippen molar-refractivity contribution >= 4 is 11.8 Å². The summed E-state index contributed by atoms with van der Waals surface area (Å²) < 4.78 is 0. The van der Waals surface area contributed by atoms with Crippen LogP contribution in [-0.2, 0) is 4.79 Å². The molecule has 86 valence electrons. The molecule has 3 N–H and O–H groups in total. The predicted molar refractivity (Wildman–Crippen MR) is 58.4 cm³/mol. The quantitative estimate of drug-likeness (QED) is 0.651. The topological polar surface area (TPSA) is 74.0 Å². The second-order valence-electron chi connectivity index (χ2n) is 4.01. The number of hydrazine groups is 1. The van der Waals surface area contributed by atoms with Gasteiger partial charge < -0.3 is 4.98 Å². The van der Waals surface area contributed by atoms with Crippen molar-refractivity contribution in [2.75, 3.05) is 0 Å². The van der Waals surface area contributed by atoms with E-state index in [0.29, 0.717) is 5.69 Å². The number of aromatic nitrogens is 1. The molecule has 1 heterocycles. The molecule has 1 aromatic rings. The van der Waals surface area contributed by atoms with Crippen LogP contribution in [0.5, 0.6) is 0 Å². The first-order valence-electron chi connectivity index (χ1n) is 5.51. The van der Waals surface area contributed by atoms with E-state index < -0.39 is 0 Å². The third-order valence-corrected chi connectivity index (χ3v) is 2.87. The van der Waals surface area contributed by atoms with Gasteiger partial charge in [-0.15, -0.1) is 0 Å². The molecule has 0 atom stereocenters. The number of rotatable bonds is 2. The minimum Gasteiger partial charge on any atom is -0.357 e. The molecule has 0 spiro atoms. The van der Waals surface area contributed by atoms with E-state index in [-0.39, 0.29) is 17.7 Å². The molecule has 0 unspecified atom stereocenters. The van der Waals surface area contributed by atoms with Crippen molar-refractivity contribution in [2.24, 2.45) is 5.92 Å². The minimum atomic E-state index is -0.323. The molecule has 0 aromatic carbocycles. The molecule has 1 aromatic heterocycles. The Labute approximate surface area is 93.6 Å². The van der Waals surface area contributed by atoms with Gasteiger partial charge in [-0.3, -0.25) is 20.4 Å². The van der Waals surface area contributed by atoms with Gasteiger partial charge in [-0.05, 0) is 25.0 Å². The molecule has 0 saturated heterocycles. The third-order valence-electron chi connectivity index (χ3n) is 2.87. The SMILES string of the molecule is O=C(NNC(=O)C1CCCC1)c1ccc[nH]1. The van der Waals surface area contributed by atoms with E-state index in [1.165, 1.54) is 0 Å². The normalized spacial score (nSPS) is 16.0. The molecule has 1 saturated carbocycles. The van der Waals surface area contributed by atoms with E-state index in [2.05, 4.69) is 15.8 Å². The van der Waals surface area contributed by atoms with Gasteiger partial charge in [0.05, 0.1) is 0 Å². The fraction of sp³-hybridized carbons (Fsp3) is 0.455. The molecule has 2 rings (SSSR count). The number of carbonyl (C=O) groups is 2. The van der Waals surface area contributed by atoms with Crippen LogP contribution in [0.4, 0.5) is 0 Å². The lowest BCUT2D eigenvalue weighted by Gasteiger charge is -2.10. The highest BCUT2D eigenvalue weighted by atomic mass is 16.2. The second-order valence-corrected chi connectivity index (χ2v) is 4.01. The number of hydrogen-bond acceptors (Lipinski definition) is 2. The summed E-state index contributed by atoms with van der Waals surface area (Å²) in [6.07, 6.45) is 5.70. The zero-order valence-electron chi connectivity index (χ0n) is 8.95. The van der Waals surface area contributed by atoms with Crippen LogP contribution in [0.3, 0.4) is 0 Å². The highest BCUT2D eigenvalue weighted by molar-refractivity contribution is 5.93. The van der Waals surface area contributed by atoms with Crippen LogP contribution in [0.15, 0.2) is 18.3 Å². The van der Waals surface area contributed by atoms with Crippen molar-refractivity contribution in [3.63, 3.8) is 0 Å². The molecule has 0 radical (unpaired) electrons. The van der Waals surface area contributed by atoms with Crippen LogP contribution in [0, 0.1) is 5.92 Å². The van der Waals surface area contributed by atoms with E-state index in [1.54, 1.807) is 18.3 Å². The summed E-state index contributed by atoms with van der Waals surface area (Å²) in [7, 11) is 0. The van der Waals surface area contributed by atoms with Crippen molar-refractivity contribution in [2.45, 2.75) is 25.7 Å². The van der Waals surface area contributed by atoms with E-state index in [0.717, 1.165) is 25.7 Å². The summed E-state index contributed by atoms with van der Waals surface area (Å²) in [4.78, 5) is 25.8. The zero-order chi connectivity index (χ0) is 11.4. The lowest BCUT2D eigenvalue weighted by molar-refractivity contribution is -0.125. The summed E-state index contributed by atoms with van der Waals surface area (Å²) in [6, 6.07) is 3.38. The van der Waals surface area contributed by atoms with Crippen molar-refractivity contribution < 1.29 is 9.59 Å². The van der Waals surface area contributed by atoms with Gasteiger partial charge in [-0.2, -0.15) is 0 Å². The Bertz CT molecular complexity index is 367. The first-order valence-corrected chi connectivity index (χ1v) is 5.51. The van der Waals surface area contributed by atoms with Gasteiger partial charge >= 0.3 is 0 Å². The van der Waals surface area contributed by atoms with E-state index >= 15 is 0 Å². The van der Waals surface area contributed by atoms with Crippen LogP contribution in [0.1, 0.15) is 36.2 Å². The van der Waals surface area contributed by atoms with Gasteiger partial charge in [0.15, 0.2) is 0 Å². The molecule has 5 heteroatoms. The Balaban J connectivity index is 1.79. The van der Waals surface area contributed by atoms with Gasteiger partial charge in [0.1, 0.15) is 5.69 Å². The second kappa shape index (κ2) is 4.83. The minimum absolute atomic E-state index is 0.0592. The average Bonchev–Trinajstić information content (AvgIpc) is 2.95. The summed E-state index contributed by atoms with van der Waals surface area (Å²) in [5, 5.41) is 0. The van der Waals surface area contributed by atoms with E-state index in [4.69, 9.17) is 0 Å². The van der Waals surface area contributed by atoms with E-state index in [9.17, 15) is 9.59 Å². The first kappa shape index (κ1) is 10.7. The largest absolute Gasteiger partial charge is 0.357 e. The fourth-order valence-corrected chi connectivity index (χ4v) is 1.95. The van der Waals surface area contributed by atoms with Crippen LogP contribution in [0.2, 0.25) is 0 Å². The lowest BCUT2D eigenvalue weighted by Crippen LogP contribution is -2.44. The summed E-state index contributed by atoms with van der Waals surface area (Å²) in [6.45, 7) is 0. The number of aromatic amines is 1. The third kappa shape index (κ3) is 2.42. The summed E-state index contributed by atoms with van der Waals surface area (Å²) in [5.74, 6) is -0.349. The maximum Gasteiger partial charge on any atom is 0.286 e. The molecule has 2 amide bonds. The average molecular weight is 221 g/mol. The fourth-order valence-electron chi connectivity index (χ4n) is 1.95. The Morgan fingerprint density at radius 1 is 1.25 bits per heavy atom. The van der Waals surface area contributed by atoms with Crippen molar-refractivity contribution in [1.29, 1.82) is 0 Å². The number of carbonyl (C=O) groups excluding carboxylic acids is 2. The van der Waals surface area contributed by atoms with Crippen molar-refractivity contribution in [3.8, 4) is 0 Å². The van der Waals surface area contributed by atoms with Gasteiger partial charge in [-0.1, -0.05) is 12.8 Å². The van der Waals surface area contributed by atoms with Gasteiger partial charge in [0.2, 0.25) is 5.91 Å². The van der Waals surface area contributed by atoms with Gasteiger partial charge in [0.25, 0.3) is 5.91 Å². The monoisotopic (exact) mass is 221 g/mol. The Hall–Kier alpha value is -1.78. The van der Waals surface area contributed by atoms with Gasteiger partial charge in [0, 0.05) is 12.1 Å². The molecule has 5 nitrogen and oxygen atoms in total. The molecule has 0 aliphatic heterocycles. The van der Waals surface area contributed by atoms with Crippen LogP contribution in [-0.4, -0.2) is 16.8 Å². The molecular weight excluding hydrogens is 206 g/mol. The summed E-state index contributed by atoms with van der Waals surface area (Å²) in [5.41, 5.74) is 5.28. The standard InChI is InChI=1S/C11H15N3O2/c15-10(8-4-1-2-5-8)13-14-11(16)9-6-3-7-12-9/h3,6-8,12H,1-2,4-5H2,(H,13,15)(H,14,16). The number of nitrogens with one attached hydrogen (secondary N) is 3. The Morgan fingerprint density at radius 3 is 2.62 bits per heavy atom. The number of hydrogen-bond donors (Lipinski definition) is 3. The van der Waals surface area contributed by atoms with Crippen LogP contribution in [0.25, 0.3) is 0 Å².